The molecule has 2 amide bonds. The van der Waals surface area contributed by atoms with Gasteiger partial charge in [0.2, 0.25) is 11.8 Å². The molecule has 6 nitrogen and oxygen atoms in total. The Labute approximate surface area is 169 Å². The highest BCUT2D eigenvalue weighted by Crippen LogP contribution is 2.36. The molecule has 2 N–H and O–H groups in total. The molecule has 2 aromatic carbocycles. The summed E-state index contributed by atoms with van der Waals surface area (Å²) in [5, 5.41) is 5.24. The molecule has 1 aliphatic rings. The first-order valence-corrected chi connectivity index (χ1v) is 11.4. The minimum atomic E-state index is -3.65. The number of thioether (sulfide) groups is 1. The molecule has 28 heavy (non-hydrogen) atoms. The molecule has 1 atom stereocenters. The zero-order chi connectivity index (χ0) is 20.5. The van der Waals surface area contributed by atoms with E-state index in [1.807, 2.05) is 26.0 Å². The molecule has 0 radical (unpaired) electrons. The molecule has 0 saturated heterocycles. The predicted octanol–water partition coefficient (Wildman–Crippen LogP) is 3.54. The molecular formula is C20H22N2O4S2. The van der Waals surface area contributed by atoms with E-state index < -0.39 is 9.84 Å². The SMILES string of the molecule is Cc1ccc(NC(=O)CCS(=O)(=O)c2ccc3c(c2)NC(=O)C(C)S3)cc1C. The van der Waals surface area contributed by atoms with Crippen LogP contribution in [-0.4, -0.2) is 31.2 Å². The van der Waals surface area contributed by atoms with Crippen LogP contribution < -0.4 is 10.6 Å². The monoisotopic (exact) mass is 418 g/mol. The third kappa shape index (κ3) is 4.56. The van der Waals surface area contributed by atoms with Crippen molar-refractivity contribution in [1.82, 2.24) is 0 Å². The van der Waals surface area contributed by atoms with Crippen molar-refractivity contribution in [2.75, 3.05) is 16.4 Å². The van der Waals surface area contributed by atoms with E-state index in [2.05, 4.69) is 10.6 Å². The average Bonchev–Trinajstić information content (AvgIpc) is 2.64. The molecule has 0 aromatic heterocycles. The smallest absolute Gasteiger partial charge is 0.237 e. The van der Waals surface area contributed by atoms with Crippen LogP contribution in [0.3, 0.4) is 0 Å². The second kappa shape index (κ2) is 7.97. The highest BCUT2D eigenvalue weighted by atomic mass is 32.2. The van der Waals surface area contributed by atoms with E-state index in [9.17, 15) is 18.0 Å². The van der Waals surface area contributed by atoms with Gasteiger partial charge in [-0.25, -0.2) is 8.42 Å². The number of rotatable bonds is 5. The van der Waals surface area contributed by atoms with E-state index >= 15 is 0 Å². The average molecular weight is 419 g/mol. The second-order valence-electron chi connectivity index (χ2n) is 6.82. The van der Waals surface area contributed by atoms with E-state index in [1.165, 1.54) is 23.9 Å². The number of carbonyl (C=O) groups excluding carboxylic acids is 2. The van der Waals surface area contributed by atoms with Gasteiger partial charge >= 0.3 is 0 Å². The molecular weight excluding hydrogens is 396 g/mol. The maximum absolute atomic E-state index is 12.6. The number of anilines is 2. The summed E-state index contributed by atoms with van der Waals surface area (Å²) in [5.74, 6) is -0.817. The summed E-state index contributed by atoms with van der Waals surface area (Å²) in [7, 11) is -3.65. The molecule has 0 bridgehead atoms. The fraction of sp³-hybridized carbons (Fsp3) is 0.300. The lowest BCUT2D eigenvalue weighted by atomic mass is 10.1. The Kier molecular flexibility index (Phi) is 5.81. The lowest BCUT2D eigenvalue weighted by Crippen LogP contribution is -2.26. The quantitative estimate of drug-likeness (QED) is 0.775. The Morgan fingerprint density at radius 2 is 1.89 bits per heavy atom. The Balaban J connectivity index is 1.67. The minimum Gasteiger partial charge on any atom is -0.326 e. The molecule has 1 heterocycles. The van der Waals surface area contributed by atoms with Gasteiger partial charge in [-0.3, -0.25) is 9.59 Å². The Bertz CT molecular complexity index is 1050. The molecule has 1 unspecified atom stereocenters. The highest BCUT2D eigenvalue weighted by molar-refractivity contribution is 8.01. The first-order valence-electron chi connectivity index (χ1n) is 8.87. The van der Waals surface area contributed by atoms with Gasteiger partial charge in [-0.15, -0.1) is 11.8 Å². The fourth-order valence-electron chi connectivity index (χ4n) is 2.77. The van der Waals surface area contributed by atoms with Crippen LogP contribution in [0.4, 0.5) is 11.4 Å². The number of nitrogens with one attached hydrogen (secondary N) is 2. The molecule has 148 valence electrons. The molecule has 3 rings (SSSR count). The van der Waals surface area contributed by atoms with Gasteiger partial charge in [-0.1, -0.05) is 6.07 Å². The molecule has 2 aromatic rings. The van der Waals surface area contributed by atoms with E-state index in [-0.39, 0.29) is 34.1 Å². The van der Waals surface area contributed by atoms with E-state index in [1.54, 1.807) is 19.1 Å². The zero-order valence-corrected chi connectivity index (χ0v) is 17.5. The predicted molar refractivity (Wildman–Crippen MR) is 112 cm³/mol. The number of aryl methyl sites for hydroxylation is 2. The number of carbonyl (C=O) groups is 2. The first-order chi connectivity index (χ1) is 13.2. The number of fused-ring (bicyclic) bond motifs is 1. The maximum Gasteiger partial charge on any atom is 0.237 e. The molecule has 8 heteroatoms. The zero-order valence-electron chi connectivity index (χ0n) is 15.9. The Morgan fingerprint density at radius 3 is 2.61 bits per heavy atom. The van der Waals surface area contributed by atoms with Crippen LogP contribution in [0.25, 0.3) is 0 Å². The van der Waals surface area contributed by atoms with E-state index in [0.717, 1.165) is 16.0 Å². The van der Waals surface area contributed by atoms with Crippen LogP contribution in [0.5, 0.6) is 0 Å². The summed E-state index contributed by atoms with van der Waals surface area (Å²) < 4.78 is 25.2. The first kappa shape index (κ1) is 20.4. The van der Waals surface area contributed by atoms with Crippen molar-refractivity contribution in [3.8, 4) is 0 Å². The van der Waals surface area contributed by atoms with Crippen LogP contribution in [0.1, 0.15) is 24.5 Å². The maximum atomic E-state index is 12.6. The third-order valence-corrected chi connectivity index (χ3v) is 7.52. The number of hydrogen-bond acceptors (Lipinski definition) is 5. The van der Waals surface area contributed by atoms with Crippen LogP contribution in [0.2, 0.25) is 0 Å². The van der Waals surface area contributed by atoms with Crippen LogP contribution in [0, 0.1) is 13.8 Å². The Morgan fingerprint density at radius 1 is 1.14 bits per heavy atom. The van der Waals surface area contributed by atoms with Gasteiger partial charge in [0, 0.05) is 17.0 Å². The van der Waals surface area contributed by atoms with Crippen molar-refractivity contribution in [2.24, 2.45) is 0 Å². The van der Waals surface area contributed by atoms with Gasteiger partial charge in [0.15, 0.2) is 9.84 Å². The Hall–Kier alpha value is -2.32. The third-order valence-electron chi connectivity index (χ3n) is 4.63. The summed E-state index contributed by atoms with van der Waals surface area (Å²) in [5.41, 5.74) is 3.31. The van der Waals surface area contributed by atoms with Crippen molar-refractivity contribution < 1.29 is 18.0 Å². The minimum absolute atomic E-state index is 0.0979. The van der Waals surface area contributed by atoms with Crippen molar-refractivity contribution in [3.05, 3.63) is 47.5 Å². The summed E-state index contributed by atoms with van der Waals surface area (Å²) in [6.45, 7) is 5.72. The van der Waals surface area contributed by atoms with Crippen molar-refractivity contribution >= 4 is 44.8 Å². The second-order valence-corrected chi connectivity index (χ2v) is 10.3. The van der Waals surface area contributed by atoms with Crippen LogP contribution in [0.15, 0.2) is 46.2 Å². The number of benzene rings is 2. The fourth-order valence-corrected chi connectivity index (χ4v) is 4.96. The van der Waals surface area contributed by atoms with Crippen molar-refractivity contribution in [2.45, 2.75) is 42.2 Å². The van der Waals surface area contributed by atoms with Crippen molar-refractivity contribution in [1.29, 1.82) is 0 Å². The van der Waals surface area contributed by atoms with Gasteiger partial charge in [0.25, 0.3) is 0 Å². The van der Waals surface area contributed by atoms with Crippen LogP contribution in [-0.2, 0) is 19.4 Å². The van der Waals surface area contributed by atoms with E-state index in [0.29, 0.717) is 11.4 Å². The molecule has 0 aliphatic carbocycles. The summed E-state index contributed by atoms with van der Waals surface area (Å²) in [6, 6.07) is 10.2. The number of sulfone groups is 1. The summed E-state index contributed by atoms with van der Waals surface area (Å²) in [4.78, 5) is 24.9. The molecule has 0 fully saturated rings. The summed E-state index contributed by atoms with van der Waals surface area (Å²) in [6.07, 6.45) is -0.148. The molecule has 0 spiro atoms. The van der Waals surface area contributed by atoms with Gasteiger partial charge in [-0.05, 0) is 62.2 Å². The number of amides is 2. The topological polar surface area (TPSA) is 92.3 Å². The lowest BCUT2D eigenvalue weighted by Gasteiger charge is -2.21. The van der Waals surface area contributed by atoms with Gasteiger partial charge < -0.3 is 10.6 Å². The lowest BCUT2D eigenvalue weighted by molar-refractivity contribution is -0.116. The highest BCUT2D eigenvalue weighted by Gasteiger charge is 2.25. The number of hydrogen-bond donors (Lipinski definition) is 2. The van der Waals surface area contributed by atoms with Gasteiger partial charge in [0.05, 0.1) is 21.6 Å². The molecule has 1 aliphatic heterocycles. The standard InChI is InChI=1S/C20H22N2O4S2/c1-12-4-5-15(10-13(12)2)21-19(23)8-9-28(25,26)16-6-7-18-17(11-16)22-20(24)14(3)27-18/h4-7,10-11,14H,8-9H2,1-3H3,(H,21,23)(H,22,24). The van der Waals surface area contributed by atoms with Gasteiger partial charge in [-0.2, -0.15) is 0 Å². The summed E-state index contributed by atoms with van der Waals surface area (Å²) >= 11 is 1.39. The normalized spacial score (nSPS) is 16.2. The van der Waals surface area contributed by atoms with E-state index in [4.69, 9.17) is 0 Å². The van der Waals surface area contributed by atoms with Crippen LogP contribution >= 0.6 is 11.8 Å². The van der Waals surface area contributed by atoms with Crippen molar-refractivity contribution in [3.63, 3.8) is 0 Å². The molecule has 0 saturated carbocycles. The van der Waals surface area contributed by atoms with Gasteiger partial charge in [0.1, 0.15) is 0 Å². The largest absolute Gasteiger partial charge is 0.326 e.